The van der Waals surface area contributed by atoms with E-state index in [-0.39, 0.29) is 5.69 Å². The van der Waals surface area contributed by atoms with E-state index in [1.54, 1.807) is 6.08 Å². The highest BCUT2D eigenvalue weighted by Gasteiger charge is 2.33. The van der Waals surface area contributed by atoms with Gasteiger partial charge in [0, 0.05) is 28.0 Å². The first-order valence-electron chi connectivity index (χ1n) is 9.35. The molecule has 1 aliphatic heterocycles. The first-order chi connectivity index (χ1) is 14.3. The summed E-state index contributed by atoms with van der Waals surface area (Å²) in [6.45, 7) is 1.97. The van der Waals surface area contributed by atoms with Crippen LogP contribution >= 0.6 is 11.8 Å². The Kier molecular flexibility index (Phi) is 5.43. The fourth-order valence-electron chi connectivity index (χ4n) is 3.28. The molecule has 1 N–H and O–H groups in total. The van der Waals surface area contributed by atoms with E-state index in [9.17, 15) is 18.0 Å². The summed E-state index contributed by atoms with van der Waals surface area (Å²) in [6.07, 6.45) is -1.06. The van der Waals surface area contributed by atoms with Crippen LogP contribution in [0.15, 0.2) is 76.5 Å². The van der Waals surface area contributed by atoms with Gasteiger partial charge >= 0.3 is 6.18 Å². The Bertz CT molecular complexity index is 1130. The molecule has 0 unspecified atom stereocenters. The molecule has 1 amide bonds. The highest BCUT2D eigenvalue weighted by atomic mass is 32.2. The van der Waals surface area contributed by atoms with Crippen molar-refractivity contribution in [3.05, 3.63) is 94.6 Å². The lowest BCUT2D eigenvalue weighted by atomic mass is 10.00. The zero-order valence-electron chi connectivity index (χ0n) is 16.1. The smallest absolute Gasteiger partial charge is 0.322 e. The minimum atomic E-state index is -4.50. The fourth-order valence-corrected chi connectivity index (χ4v) is 4.42. The van der Waals surface area contributed by atoms with Gasteiger partial charge in [0.1, 0.15) is 0 Å². The van der Waals surface area contributed by atoms with Gasteiger partial charge in [-0.1, -0.05) is 59.8 Å². The van der Waals surface area contributed by atoms with Crippen LogP contribution in [0, 0.1) is 6.92 Å². The van der Waals surface area contributed by atoms with Crippen LogP contribution in [0.3, 0.4) is 0 Å². The number of carbonyl (C=O) groups excluding carboxylic acids is 1. The summed E-state index contributed by atoms with van der Waals surface area (Å²) in [6, 6.07) is 17.4. The summed E-state index contributed by atoms with van der Waals surface area (Å²) in [5, 5.41) is 2.66. The molecule has 152 valence electrons. The zero-order chi connectivity index (χ0) is 21.3. The van der Waals surface area contributed by atoms with Crippen molar-refractivity contribution in [1.29, 1.82) is 0 Å². The molecule has 0 aliphatic carbocycles. The quantitative estimate of drug-likeness (QED) is 0.369. The Morgan fingerprint density at radius 2 is 1.77 bits per heavy atom. The van der Waals surface area contributed by atoms with Crippen molar-refractivity contribution in [3.63, 3.8) is 0 Å². The molecule has 0 radical (unpaired) electrons. The second kappa shape index (κ2) is 8.03. The number of rotatable bonds is 3. The number of alkyl halides is 3. The van der Waals surface area contributed by atoms with Gasteiger partial charge in [0.25, 0.3) is 0 Å². The van der Waals surface area contributed by atoms with Gasteiger partial charge in [0.2, 0.25) is 5.91 Å². The van der Waals surface area contributed by atoms with E-state index in [0.717, 1.165) is 33.7 Å². The maximum absolute atomic E-state index is 13.4. The van der Waals surface area contributed by atoms with Gasteiger partial charge < -0.3 is 5.32 Å². The third-order valence-electron chi connectivity index (χ3n) is 4.86. The molecule has 0 spiro atoms. The van der Waals surface area contributed by atoms with Crippen molar-refractivity contribution >= 4 is 29.4 Å². The van der Waals surface area contributed by atoms with Gasteiger partial charge in [0.15, 0.2) is 0 Å². The third-order valence-corrected chi connectivity index (χ3v) is 6.06. The number of amides is 1. The summed E-state index contributed by atoms with van der Waals surface area (Å²) in [5.74, 6) is -0.471. The Labute approximate surface area is 176 Å². The lowest BCUT2D eigenvalue weighted by molar-refractivity contribution is -0.137. The van der Waals surface area contributed by atoms with E-state index in [2.05, 4.69) is 5.32 Å². The zero-order valence-corrected chi connectivity index (χ0v) is 16.9. The number of carbonyl (C=O) groups is 1. The maximum Gasteiger partial charge on any atom is 0.416 e. The van der Waals surface area contributed by atoms with E-state index in [0.29, 0.717) is 16.9 Å². The van der Waals surface area contributed by atoms with Crippen LogP contribution in [0.5, 0.6) is 0 Å². The molecule has 1 aliphatic rings. The molecule has 3 aromatic carbocycles. The molecule has 0 bridgehead atoms. The first-order valence-corrected chi connectivity index (χ1v) is 10.2. The highest BCUT2D eigenvalue weighted by Crippen LogP contribution is 2.45. The lowest BCUT2D eigenvalue weighted by Crippen LogP contribution is -2.15. The largest absolute Gasteiger partial charge is 0.416 e. The van der Waals surface area contributed by atoms with Crippen molar-refractivity contribution in [3.8, 4) is 0 Å². The van der Waals surface area contributed by atoms with Gasteiger partial charge in [-0.3, -0.25) is 4.79 Å². The summed E-state index contributed by atoms with van der Waals surface area (Å²) >= 11 is 1.30. The minimum Gasteiger partial charge on any atom is -0.322 e. The standard InChI is InChI=1S/C24H18F3NOS/c1-15-6-8-16(9-7-15)10-11-23(29)28-20-13-18(24(25,26)27)14-22-19(20)12-17-4-2-3-5-21(17)30-22/h2-11,13-14H,12H2,1H3,(H,28,29)/b11-10+. The van der Waals surface area contributed by atoms with E-state index in [1.165, 1.54) is 17.8 Å². The fraction of sp³-hybridized carbons (Fsp3) is 0.125. The van der Waals surface area contributed by atoms with Crippen LogP contribution in [0.2, 0.25) is 0 Å². The predicted molar refractivity (Wildman–Crippen MR) is 114 cm³/mol. The minimum absolute atomic E-state index is 0.195. The summed E-state index contributed by atoms with van der Waals surface area (Å²) in [5.41, 5.74) is 3.09. The number of benzene rings is 3. The molecule has 0 saturated carbocycles. The van der Waals surface area contributed by atoms with Gasteiger partial charge in [-0.2, -0.15) is 13.2 Å². The molecule has 0 aromatic heterocycles. The van der Waals surface area contributed by atoms with Gasteiger partial charge in [-0.15, -0.1) is 0 Å². The molecule has 6 heteroatoms. The van der Waals surface area contributed by atoms with Crippen molar-refractivity contribution in [2.45, 2.75) is 29.3 Å². The Morgan fingerprint density at radius 3 is 2.50 bits per heavy atom. The average molecular weight is 425 g/mol. The van der Waals surface area contributed by atoms with Gasteiger partial charge in [-0.25, -0.2) is 0 Å². The molecule has 0 fully saturated rings. The Morgan fingerprint density at radius 1 is 1.03 bits per heavy atom. The number of fused-ring (bicyclic) bond motifs is 2. The summed E-state index contributed by atoms with van der Waals surface area (Å²) in [4.78, 5) is 13.9. The highest BCUT2D eigenvalue weighted by molar-refractivity contribution is 7.99. The third kappa shape index (κ3) is 4.44. The van der Waals surface area contributed by atoms with E-state index < -0.39 is 17.6 Å². The van der Waals surface area contributed by atoms with Crippen molar-refractivity contribution in [2.24, 2.45) is 0 Å². The topological polar surface area (TPSA) is 29.1 Å². The second-order valence-corrected chi connectivity index (χ2v) is 8.20. The molecule has 4 rings (SSSR count). The summed E-state index contributed by atoms with van der Waals surface area (Å²) < 4.78 is 40.3. The van der Waals surface area contributed by atoms with Crippen molar-refractivity contribution < 1.29 is 18.0 Å². The van der Waals surface area contributed by atoms with Crippen molar-refractivity contribution in [2.75, 3.05) is 5.32 Å². The number of hydrogen-bond acceptors (Lipinski definition) is 2. The van der Waals surface area contributed by atoms with Crippen LogP contribution in [-0.2, 0) is 17.4 Å². The number of nitrogens with one attached hydrogen (secondary N) is 1. The molecule has 0 atom stereocenters. The monoisotopic (exact) mass is 425 g/mol. The van der Waals surface area contributed by atoms with Crippen molar-refractivity contribution in [1.82, 2.24) is 0 Å². The SMILES string of the molecule is Cc1ccc(/C=C/C(=O)Nc2cc(C(F)(F)F)cc3c2Cc2ccccc2S3)cc1. The van der Waals surface area contributed by atoms with Crippen LogP contribution in [0.25, 0.3) is 6.08 Å². The maximum atomic E-state index is 13.4. The van der Waals surface area contributed by atoms with E-state index in [4.69, 9.17) is 0 Å². The van der Waals surface area contributed by atoms with E-state index >= 15 is 0 Å². The first kappa shape index (κ1) is 20.3. The summed E-state index contributed by atoms with van der Waals surface area (Å²) in [7, 11) is 0. The van der Waals surface area contributed by atoms with Crippen LogP contribution < -0.4 is 5.32 Å². The van der Waals surface area contributed by atoms with Gasteiger partial charge in [-0.05, 0) is 47.9 Å². The number of hydrogen-bond donors (Lipinski definition) is 1. The van der Waals surface area contributed by atoms with E-state index in [1.807, 2.05) is 55.5 Å². The molecular weight excluding hydrogens is 407 g/mol. The molecule has 3 aromatic rings. The van der Waals surface area contributed by atoms with Crippen LogP contribution in [0.1, 0.15) is 27.8 Å². The number of halogens is 3. The number of aryl methyl sites for hydroxylation is 1. The molecule has 30 heavy (non-hydrogen) atoms. The molecular formula is C24H18F3NOS. The lowest BCUT2D eigenvalue weighted by Gasteiger charge is -2.23. The Hall–Kier alpha value is -2.99. The van der Waals surface area contributed by atoms with Crippen LogP contribution in [-0.4, -0.2) is 5.91 Å². The predicted octanol–water partition coefficient (Wildman–Crippen LogP) is 6.72. The molecule has 1 heterocycles. The average Bonchev–Trinajstić information content (AvgIpc) is 2.71. The second-order valence-electron chi connectivity index (χ2n) is 7.12. The Balaban J connectivity index is 1.65. The number of anilines is 1. The normalized spacial score (nSPS) is 13.1. The van der Waals surface area contributed by atoms with Crippen LogP contribution in [0.4, 0.5) is 18.9 Å². The van der Waals surface area contributed by atoms with Gasteiger partial charge in [0.05, 0.1) is 5.56 Å². The molecule has 2 nitrogen and oxygen atoms in total. The molecule has 0 saturated heterocycles.